The van der Waals surface area contributed by atoms with Crippen LogP contribution in [-0.2, 0) is 13.6 Å². The number of ether oxygens (including phenoxy) is 1. The maximum Gasteiger partial charge on any atom is 0.318 e. The Labute approximate surface area is 222 Å². The summed E-state index contributed by atoms with van der Waals surface area (Å²) in [5, 5.41) is 8.77. The minimum Gasteiger partial charge on any atom is -0.460 e. The predicted octanol–water partition coefficient (Wildman–Crippen LogP) is 2.66. The molecule has 0 bridgehead atoms. The Morgan fingerprint density at radius 2 is 2.08 bits per heavy atom. The molecule has 38 heavy (non-hydrogen) atoms. The van der Waals surface area contributed by atoms with Crippen LogP contribution in [0.4, 0.5) is 11.6 Å². The fourth-order valence-electron chi connectivity index (χ4n) is 4.61. The Morgan fingerprint density at radius 3 is 2.89 bits per heavy atom. The highest BCUT2D eigenvalue weighted by Gasteiger charge is 2.21. The first-order valence-corrected chi connectivity index (χ1v) is 12.2. The first kappa shape index (κ1) is 20.5. The van der Waals surface area contributed by atoms with Crippen LogP contribution in [0.25, 0.3) is 27.8 Å². The Morgan fingerprint density at radius 1 is 1.21 bits per heavy atom. The molecule has 4 aromatic heterocycles. The van der Waals surface area contributed by atoms with E-state index in [1.165, 1.54) is 15.8 Å². The van der Waals surface area contributed by atoms with Gasteiger partial charge in [-0.3, -0.25) is 9.48 Å². The van der Waals surface area contributed by atoms with Crippen molar-refractivity contribution in [1.29, 1.82) is 0 Å². The van der Waals surface area contributed by atoms with Gasteiger partial charge in [-0.1, -0.05) is 6.08 Å². The molecule has 5 heterocycles. The van der Waals surface area contributed by atoms with Crippen molar-refractivity contribution in [3.63, 3.8) is 0 Å². The number of piperidine rings is 1. The summed E-state index contributed by atoms with van der Waals surface area (Å²) >= 11 is 0. The van der Waals surface area contributed by atoms with Crippen molar-refractivity contribution in [2.75, 3.05) is 25.4 Å². The molecule has 0 atom stereocenters. The Bertz CT molecular complexity index is 1800. The molecule has 12 heteroatoms. The zero-order chi connectivity index (χ0) is 28.7. The predicted molar refractivity (Wildman–Crippen MR) is 144 cm³/mol. The topological polar surface area (TPSA) is 121 Å². The molecule has 12 nitrogen and oxygen atoms in total. The zero-order valence-electron chi connectivity index (χ0n) is 23.8. The average molecular weight is 516 g/mol. The molecule has 1 N–H and O–H groups in total. The van der Waals surface area contributed by atoms with E-state index in [4.69, 9.17) is 8.85 Å². The van der Waals surface area contributed by atoms with Gasteiger partial charge in [0, 0.05) is 53.8 Å². The second-order valence-electron chi connectivity index (χ2n) is 9.09. The number of fused-ring (bicyclic) bond motifs is 2. The van der Waals surface area contributed by atoms with Gasteiger partial charge in [0.05, 0.1) is 18.3 Å². The molecule has 0 amide bonds. The van der Waals surface area contributed by atoms with Crippen molar-refractivity contribution in [2.45, 2.75) is 25.5 Å². The van der Waals surface area contributed by atoms with Gasteiger partial charge < -0.3 is 15.0 Å². The van der Waals surface area contributed by atoms with Crippen molar-refractivity contribution in [1.82, 2.24) is 44.0 Å². The molecule has 1 aliphatic rings. The van der Waals surface area contributed by atoms with E-state index in [0.717, 1.165) is 16.6 Å². The zero-order valence-corrected chi connectivity index (χ0v) is 20.8. The Balaban J connectivity index is 1.32. The fourth-order valence-corrected chi connectivity index (χ4v) is 4.61. The number of allylic oxidation sites excluding steroid dienone is 1. The van der Waals surface area contributed by atoms with Gasteiger partial charge >= 0.3 is 6.01 Å². The van der Waals surface area contributed by atoms with Gasteiger partial charge in [-0.15, -0.1) is 6.58 Å². The maximum atomic E-state index is 13.3. The van der Waals surface area contributed by atoms with Crippen LogP contribution in [0, 0.1) is 0 Å². The second kappa shape index (κ2) is 9.71. The molecule has 1 saturated heterocycles. The first-order valence-electron chi connectivity index (χ1n) is 13.7. The summed E-state index contributed by atoms with van der Waals surface area (Å²) in [7, 11) is 1.88. The van der Waals surface area contributed by atoms with Crippen LogP contribution in [0.3, 0.4) is 0 Å². The van der Waals surface area contributed by atoms with E-state index < -0.39 is 6.98 Å². The fraction of sp³-hybridized carbons (Fsp3) is 0.308. The summed E-state index contributed by atoms with van der Waals surface area (Å²) in [6, 6.07) is 7.60. The third kappa shape index (κ3) is 4.39. The largest absolute Gasteiger partial charge is 0.460 e. The number of aromatic nitrogens is 8. The standard InChI is InChI=1S/C26H28N10O2/c1-4-11-35-24(37)20-16-28-25(30-18-5-6-21-17(14-18)15-29-34(21)3)32-23(20)36(35)22-7-10-27-26(31-22)38-19-8-12-33(2)13-9-19/h4-7,10,14-16,19H,1,8-9,11-13H2,2-3H3,(H,28,30,32)/i2D3. The van der Waals surface area contributed by atoms with Crippen molar-refractivity contribution < 1.29 is 8.85 Å². The molecule has 0 spiro atoms. The lowest BCUT2D eigenvalue weighted by atomic mass is 10.1. The van der Waals surface area contributed by atoms with Crippen LogP contribution in [0.2, 0.25) is 0 Å². The Kier molecular flexibility index (Phi) is 5.23. The number of anilines is 2. The summed E-state index contributed by atoms with van der Waals surface area (Å²) in [5.41, 5.74) is 1.83. The number of rotatable bonds is 7. The molecular weight excluding hydrogens is 484 g/mol. The van der Waals surface area contributed by atoms with Crippen molar-refractivity contribution >= 4 is 33.6 Å². The van der Waals surface area contributed by atoms with E-state index in [2.05, 4.69) is 36.9 Å². The molecule has 1 aliphatic heterocycles. The van der Waals surface area contributed by atoms with E-state index in [-0.39, 0.29) is 24.2 Å². The number of aryl methyl sites for hydroxylation is 1. The molecule has 0 unspecified atom stereocenters. The van der Waals surface area contributed by atoms with Crippen LogP contribution >= 0.6 is 0 Å². The SMILES string of the molecule is [2H]C([2H])([2H])N1CCC(Oc2nccc(-n3c4nc(Nc5ccc6c(cnn6C)c5)ncc4c(=O)n3CC=C)n2)CC1. The van der Waals surface area contributed by atoms with Gasteiger partial charge in [0.25, 0.3) is 5.56 Å². The molecule has 0 aliphatic carbocycles. The van der Waals surface area contributed by atoms with E-state index in [0.29, 0.717) is 48.7 Å². The molecule has 1 aromatic carbocycles. The van der Waals surface area contributed by atoms with Gasteiger partial charge in [-0.05, 0) is 38.0 Å². The minimum atomic E-state index is -2.12. The summed E-state index contributed by atoms with van der Waals surface area (Å²) in [6.45, 7) is 2.67. The smallest absolute Gasteiger partial charge is 0.318 e. The monoisotopic (exact) mass is 515 g/mol. The lowest BCUT2D eigenvalue weighted by Gasteiger charge is -2.28. The average Bonchev–Trinajstić information content (AvgIpc) is 3.45. The molecule has 5 aromatic rings. The number of hydrogen-bond acceptors (Lipinski definition) is 9. The number of hydrogen-bond donors (Lipinski definition) is 1. The first-order chi connectivity index (χ1) is 19.7. The third-order valence-corrected chi connectivity index (χ3v) is 6.53. The van der Waals surface area contributed by atoms with Crippen LogP contribution in [0.1, 0.15) is 17.0 Å². The number of benzene rings is 1. The summed E-state index contributed by atoms with van der Waals surface area (Å²) in [6.07, 6.45) is 7.28. The Hall–Kier alpha value is -4.58. The van der Waals surface area contributed by atoms with E-state index in [1.54, 1.807) is 33.9 Å². The summed E-state index contributed by atoms with van der Waals surface area (Å²) < 4.78 is 33.7. The van der Waals surface area contributed by atoms with Crippen LogP contribution in [0.15, 0.2) is 60.3 Å². The van der Waals surface area contributed by atoms with Crippen molar-refractivity contribution in [2.24, 2.45) is 7.05 Å². The lowest BCUT2D eigenvalue weighted by molar-refractivity contribution is 0.105. The highest BCUT2D eigenvalue weighted by atomic mass is 16.5. The van der Waals surface area contributed by atoms with Gasteiger partial charge in [-0.2, -0.15) is 15.1 Å². The van der Waals surface area contributed by atoms with Gasteiger partial charge in [0.15, 0.2) is 11.5 Å². The van der Waals surface area contributed by atoms with Crippen LogP contribution in [0.5, 0.6) is 6.01 Å². The van der Waals surface area contributed by atoms with Gasteiger partial charge in [0.2, 0.25) is 5.95 Å². The van der Waals surface area contributed by atoms with Gasteiger partial charge in [0.1, 0.15) is 11.5 Å². The molecule has 0 radical (unpaired) electrons. The van der Waals surface area contributed by atoms with E-state index in [9.17, 15) is 4.79 Å². The second-order valence-corrected chi connectivity index (χ2v) is 9.09. The third-order valence-electron chi connectivity index (χ3n) is 6.53. The van der Waals surface area contributed by atoms with Crippen molar-refractivity contribution in [3.05, 3.63) is 65.9 Å². The molecular formula is C26H28N10O2. The van der Waals surface area contributed by atoms with Crippen LogP contribution in [-0.4, -0.2) is 70.1 Å². The summed E-state index contributed by atoms with van der Waals surface area (Å²) in [5.74, 6) is 0.682. The van der Waals surface area contributed by atoms with Gasteiger partial charge in [-0.25, -0.2) is 19.3 Å². The number of nitrogens with zero attached hydrogens (tertiary/aromatic N) is 9. The molecule has 0 saturated carbocycles. The maximum absolute atomic E-state index is 13.3. The minimum absolute atomic E-state index is 0.131. The summed E-state index contributed by atoms with van der Waals surface area (Å²) in [4.78, 5) is 32.7. The van der Waals surface area contributed by atoms with E-state index in [1.807, 2.05) is 25.2 Å². The lowest BCUT2D eigenvalue weighted by Crippen LogP contribution is -2.36. The quantitative estimate of drug-likeness (QED) is 0.326. The highest BCUT2D eigenvalue weighted by Crippen LogP contribution is 2.23. The number of likely N-dealkylation sites (tertiary alicyclic amines) is 1. The van der Waals surface area contributed by atoms with Crippen molar-refractivity contribution in [3.8, 4) is 11.8 Å². The van der Waals surface area contributed by atoms with E-state index >= 15 is 0 Å². The molecule has 194 valence electrons. The normalized spacial score (nSPS) is 16.3. The van der Waals surface area contributed by atoms with Crippen LogP contribution < -0.4 is 15.6 Å². The molecule has 6 rings (SSSR count). The molecule has 1 fully saturated rings. The highest BCUT2D eigenvalue weighted by molar-refractivity contribution is 5.83. The number of nitrogens with one attached hydrogen (secondary N) is 1.